The average molecular weight is 370 g/mol. The standard InChI is InChI=1S/C20H19FN2O4/c21-16-8-6-14(7-9-16)12-22(13-19(25)26)20(27)15-3-1-4-17(11-15)23-10-2-5-18(23)24/h1,3-4,6-9,11H,2,5,10,12-13H2,(H,25,26). The van der Waals surface area contributed by atoms with Crippen LogP contribution in [0.15, 0.2) is 48.5 Å². The molecule has 0 atom stereocenters. The summed E-state index contributed by atoms with van der Waals surface area (Å²) in [5.74, 6) is -2.00. The Morgan fingerprint density at radius 3 is 2.52 bits per heavy atom. The first-order chi connectivity index (χ1) is 12.9. The lowest BCUT2D eigenvalue weighted by Gasteiger charge is -2.22. The highest BCUT2D eigenvalue weighted by atomic mass is 19.1. The van der Waals surface area contributed by atoms with Crippen LogP contribution in [0.25, 0.3) is 0 Å². The van der Waals surface area contributed by atoms with Crippen molar-refractivity contribution in [3.05, 3.63) is 65.5 Å². The van der Waals surface area contributed by atoms with Crippen molar-refractivity contribution in [3.63, 3.8) is 0 Å². The molecule has 0 radical (unpaired) electrons. The third-order valence-corrected chi connectivity index (χ3v) is 4.38. The number of rotatable bonds is 6. The highest BCUT2D eigenvalue weighted by Gasteiger charge is 2.24. The number of carboxylic acid groups (broad SMARTS) is 1. The Morgan fingerprint density at radius 2 is 1.89 bits per heavy atom. The first-order valence-electron chi connectivity index (χ1n) is 8.60. The van der Waals surface area contributed by atoms with Crippen molar-refractivity contribution in [2.75, 3.05) is 18.0 Å². The highest BCUT2D eigenvalue weighted by Crippen LogP contribution is 2.23. The minimum atomic E-state index is -1.14. The van der Waals surface area contributed by atoms with Crippen LogP contribution in [-0.4, -0.2) is 40.9 Å². The summed E-state index contributed by atoms with van der Waals surface area (Å²) in [4.78, 5) is 38.8. The largest absolute Gasteiger partial charge is 0.480 e. The Labute approximate surface area is 155 Å². The summed E-state index contributed by atoms with van der Waals surface area (Å²) < 4.78 is 13.1. The zero-order valence-corrected chi connectivity index (χ0v) is 14.6. The maximum atomic E-state index is 13.1. The monoisotopic (exact) mass is 370 g/mol. The van der Waals surface area contributed by atoms with E-state index >= 15 is 0 Å². The van der Waals surface area contributed by atoms with Crippen LogP contribution < -0.4 is 4.90 Å². The summed E-state index contributed by atoms with van der Waals surface area (Å²) in [6, 6.07) is 12.2. The number of benzene rings is 2. The van der Waals surface area contributed by atoms with E-state index in [0.29, 0.717) is 29.8 Å². The van der Waals surface area contributed by atoms with Gasteiger partial charge in [-0.2, -0.15) is 0 Å². The van der Waals surface area contributed by atoms with Gasteiger partial charge in [-0.3, -0.25) is 14.4 Å². The molecule has 0 bridgehead atoms. The minimum absolute atomic E-state index is 0.00769. The molecule has 0 saturated carbocycles. The van der Waals surface area contributed by atoms with Gasteiger partial charge in [0.25, 0.3) is 5.91 Å². The molecular weight excluding hydrogens is 351 g/mol. The average Bonchev–Trinajstić information content (AvgIpc) is 3.08. The van der Waals surface area contributed by atoms with Crippen molar-refractivity contribution in [1.82, 2.24) is 4.90 Å². The predicted octanol–water partition coefficient (Wildman–Crippen LogP) is 2.68. The molecule has 0 aromatic heterocycles. The number of aliphatic carboxylic acids is 1. The normalized spacial score (nSPS) is 13.7. The molecule has 1 heterocycles. The van der Waals surface area contributed by atoms with E-state index < -0.39 is 24.2 Å². The topological polar surface area (TPSA) is 77.9 Å². The van der Waals surface area contributed by atoms with Gasteiger partial charge in [0, 0.05) is 30.8 Å². The number of anilines is 1. The molecule has 3 rings (SSSR count). The molecule has 27 heavy (non-hydrogen) atoms. The summed E-state index contributed by atoms with van der Waals surface area (Å²) in [7, 11) is 0. The van der Waals surface area contributed by atoms with Gasteiger partial charge in [-0.1, -0.05) is 18.2 Å². The van der Waals surface area contributed by atoms with Gasteiger partial charge in [-0.15, -0.1) is 0 Å². The van der Waals surface area contributed by atoms with Crippen LogP contribution in [0.5, 0.6) is 0 Å². The van der Waals surface area contributed by atoms with Gasteiger partial charge in [0.15, 0.2) is 0 Å². The molecular formula is C20H19FN2O4. The Balaban J connectivity index is 1.83. The fourth-order valence-corrected chi connectivity index (χ4v) is 3.08. The van der Waals surface area contributed by atoms with E-state index in [0.717, 1.165) is 6.42 Å². The second-order valence-electron chi connectivity index (χ2n) is 6.38. The summed E-state index contributed by atoms with van der Waals surface area (Å²) in [5.41, 5.74) is 1.55. The zero-order chi connectivity index (χ0) is 19.4. The van der Waals surface area contributed by atoms with Crippen molar-refractivity contribution in [2.45, 2.75) is 19.4 Å². The van der Waals surface area contributed by atoms with Crippen LogP contribution in [0.1, 0.15) is 28.8 Å². The Kier molecular flexibility index (Phi) is 5.49. The van der Waals surface area contributed by atoms with Gasteiger partial charge in [0.1, 0.15) is 12.4 Å². The predicted molar refractivity (Wildman–Crippen MR) is 96.8 cm³/mol. The fourth-order valence-electron chi connectivity index (χ4n) is 3.08. The van der Waals surface area contributed by atoms with E-state index in [1.165, 1.54) is 29.2 Å². The third-order valence-electron chi connectivity index (χ3n) is 4.38. The van der Waals surface area contributed by atoms with Gasteiger partial charge in [0.05, 0.1) is 0 Å². The lowest BCUT2D eigenvalue weighted by Crippen LogP contribution is -2.35. The second-order valence-corrected chi connectivity index (χ2v) is 6.38. The van der Waals surface area contributed by atoms with Crippen molar-refractivity contribution in [2.24, 2.45) is 0 Å². The molecule has 2 aromatic rings. The number of carbonyl (C=O) groups is 3. The number of nitrogens with zero attached hydrogens (tertiary/aromatic N) is 2. The molecule has 0 unspecified atom stereocenters. The molecule has 2 amide bonds. The van der Waals surface area contributed by atoms with Crippen LogP contribution in [0, 0.1) is 5.82 Å². The van der Waals surface area contributed by atoms with Gasteiger partial charge in [-0.05, 0) is 42.3 Å². The summed E-state index contributed by atoms with van der Waals surface area (Å²) in [5, 5.41) is 9.16. The minimum Gasteiger partial charge on any atom is -0.480 e. The Hall–Kier alpha value is -3.22. The molecule has 1 saturated heterocycles. The van der Waals surface area contributed by atoms with E-state index in [1.54, 1.807) is 29.2 Å². The lowest BCUT2D eigenvalue weighted by molar-refractivity contribution is -0.137. The molecule has 0 aliphatic carbocycles. The summed E-state index contributed by atoms with van der Waals surface area (Å²) in [6.07, 6.45) is 1.25. The SMILES string of the molecule is O=C(O)CN(Cc1ccc(F)cc1)C(=O)c1cccc(N2CCCC2=O)c1. The summed E-state index contributed by atoms with van der Waals surface area (Å²) in [6.45, 7) is 0.159. The molecule has 1 aliphatic heterocycles. The molecule has 1 N–H and O–H groups in total. The van der Waals surface area contributed by atoms with E-state index in [1.807, 2.05) is 0 Å². The van der Waals surface area contributed by atoms with Crippen LogP contribution in [-0.2, 0) is 16.1 Å². The molecule has 2 aromatic carbocycles. The maximum absolute atomic E-state index is 13.1. The lowest BCUT2D eigenvalue weighted by atomic mass is 10.1. The number of halogens is 1. The Morgan fingerprint density at radius 1 is 1.15 bits per heavy atom. The third kappa shape index (κ3) is 4.49. The van der Waals surface area contributed by atoms with E-state index in [4.69, 9.17) is 5.11 Å². The first-order valence-corrected chi connectivity index (χ1v) is 8.60. The van der Waals surface area contributed by atoms with E-state index in [-0.39, 0.29) is 12.5 Å². The van der Waals surface area contributed by atoms with Gasteiger partial charge < -0.3 is 14.9 Å². The van der Waals surface area contributed by atoms with Crippen molar-refractivity contribution in [1.29, 1.82) is 0 Å². The maximum Gasteiger partial charge on any atom is 0.323 e. The van der Waals surface area contributed by atoms with Crippen molar-refractivity contribution in [3.8, 4) is 0 Å². The van der Waals surface area contributed by atoms with Gasteiger partial charge in [0.2, 0.25) is 5.91 Å². The van der Waals surface area contributed by atoms with Crippen molar-refractivity contribution < 1.29 is 23.9 Å². The molecule has 1 aliphatic rings. The van der Waals surface area contributed by atoms with Crippen LogP contribution in [0.2, 0.25) is 0 Å². The fraction of sp³-hybridized carbons (Fsp3) is 0.250. The number of hydrogen-bond acceptors (Lipinski definition) is 3. The molecule has 6 nitrogen and oxygen atoms in total. The van der Waals surface area contributed by atoms with Crippen molar-refractivity contribution >= 4 is 23.5 Å². The molecule has 7 heteroatoms. The smallest absolute Gasteiger partial charge is 0.323 e. The zero-order valence-electron chi connectivity index (χ0n) is 14.6. The number of carboxylic acids is 1. The van der Waals surface area contributed by atoms with E-state index in [9.17, 15) is 18.8 Å². The second kappa shape index (κ2) is 7.99. The number of amides is 2. The summed E-state index contributed by atoms with van der Waals surface area (Å²) >= 11 is 0. The van der Waals surface area contributed by atoms with Crippen LogP contribution in [0.3, 0.4) is 0 Å². The highest BCUT2D eigenvalue weighted by molar-refractivity contribution is 5.99. The van der Waals surface area contributed by atoms with Crippen LogP contribution >= 0.6 is 0 Å². The number of hydrogen-bond donors (Lipinski definition) is 1. The van der Waals surface area contributed by atoms with Crippen LogP contribution in [0.4, 0.5) is 10.1 Å². The molecule has 0 spiro atoms. The first kappa shape index (κ1) is 18.6. The molecule has 1 fully saturated rings. The molecule has 140 valence electrons. The van der Waals surface area contributed by atoms with E-state index in [2.05, 4.69) is 0 Å². The van der Waals surface area contributed by atoms with Gasteiger partial charge >= 0.3 is 5.97 Å². The van der Waals surface area contributed by atoms with Gasteiger partial charge in [-0.25, -0.2) is 4.39 Å². The quantitative estimate of drug-likeness (QED) is 0.848. The number of carbonyl (C=O) groups excluding carboxylic acids is 2. The Bertz CT molecular complexity index is 867.